The number of hydrogen-bond donors (Lipinski definition) is 1. The first-order valence-electron chi connectivity index (χ1n) is 11.0. The van der Waals surface area contributed by atoms with Gasteiger partial charge >= 0.3 is 0 Å². The molecule has 3 aromatic rings. The number of nitrogens with one attached hydrogen (secondary N) is 1. The fourth-order valence-corrected chi connectivity index (χ4v) is 4.49. The van der Waals surface area contributed by atoms with Crippen LogP contribution in [-0.2, 0) is 13.1 Å². The molecule has 1 aliphatic rings. The molecule has 33 heavy (non-hydrogen) atoms. The fraction of sp³-hybridized carbons (Fsp3) is 0.269. The molecule has 0 atom stereocenters. The van der Waals surface area contributed by atoms with Gasteiger partial charge in [-0.25, -0.2) is 8.78 Å². The molecule has 172 valence electrons. The summed E-state index contributed by atoms with van der Waals surface area (Å²) in [6.45, 7) is 3.56. The van der Waals surface area contributed by atoms with E-state index in [9.17, 15) is 13.6 Å². The van der Waals surface area contributed by atoms with Crippen LogP contribution in [0.4, 0.5) is 14.5 Å². The molecule has 1 heterocycles. The summed E-state index contributed by atoms with van der Waals surface area (Å²) in [5.74, 6) is -2.33. The Labute approximate surface area is 201 Å². The van der Waals surface area contributed by atoms with Crippen LogP contribution in [0.5, 0.6) is 0 Å². The Morgan fingerprint density at radius 2 is 1.70 bits per heavy atom. The van der Waals surface area contributed by atoms with E-state index in [1.54, 1.807) is 0 Å². The first-order chi connectivity index (χ1) is 16.0. The predicted molar refractivity (Wildman–Crippen MR) is 130 cm³/mol. The molecule has 0 saturated heterocycles. The van der Waals surface area contributed by atoms with Crippen LogP contribution in [0.3, 0.4) is 0 Å². The van der Waals surface area contributed by atoms with Crippen molar-refractivity contribution in [1.82, 2.24) is 9.80 Å². The van der Waals surface area contributed by atoms with Crippen LogP contribution in [0, 0.1) is 11.6 Å². The second kappa shape index (κ2) is 10.9. The van der Waals surface area contributed by atoms with Crippen molar-refractivity contribution in [2.45, 2.75) is 19.5 Å². The van der Waals surface area contributed by atoms with E-state index in [0.717, 1.165) is 53.9 Å². The topological polar surface area (TPSA) is 35.6 Å². The molecule has 0 spiro atoms. The lowest BCUT2D eigenvalue weighted by molar-refractivity contribution is 0.0710. The van der Waals surface area contributed by atoms with Crippen molar-refractivity contribution in [2.24, 2.45) is 0 Å². The molecule has 0 saturated carbocycles. The van der Waals surface area contributed by atoms with Gasteiger partial charge in [-0.15, -0.1) is 0 Å². The van der Waals surface area contributed by atoms with Crippen molar-refractivity contribution in [1.29, 1.82) is 0 Å². The Morgan fingerprint density at radius 1 is 0.939 bits per heavy atom. The van der Waals surface area contributed by atoms with Crippen LogP contribution in [-0.4, -0.2) is 41.9 Å². The van der Waals surface area contributed by atoms with Crippen LogP contribution in [0.2, 0.25) is 0 Å². The molecule has 0 unspecified atom stereocenters. The van der Waals surface area contributed by atoms with Gasteiger partial charge < -0.3 is 10.2 Å². The van der Waals surface area contributed by atoms with Crippen molar-refractivity contribution in [3.63, 3.8) is 0 Å². The quantitative estimate of drug-likeness (QED) is 0.488. The van der Waals surface area contributed by atoms with E-state index >= 15 is 0 Å². The number of amides is 1. The highest BCUT2D eigenvalue weighted by Gasteiger charge is 2.25. The number of benzene rings is 3. The van der Waals surface area contributed by atoms with Crippen molar-refractivity contribution < 1.29 is 13.6 Å². The number of anilines is 1. The lowest BCUT2D eigenvalue weighted by atomic mass is 10.1. The Morgan fingerprint density at radius 3 is 2.45 bits per heavy atom. The lowest BCUT2D eigenvalue weighted by Gasteiger charge is -2.28. The maximum atomic E-state index is 14.5. The number of nitrogens with zero attached hydrogens (tertiary/aromatic N) is 2. The lowest BCUT2D eigenvalue weighted by Crippen LogP contribution is -2.39. The van der Waals surface area contributed by atoms with Gasteiger partial charge in [0.1, 0.15) is 17.2 Å². The van der Waals surface area contributed by atoms with Gasteiger partial charge in [-0.05, 0) is 47.9 Å². The highest BCUT2D eigenvalue weighted by atomic mass is 79.9. The molecule has 7 heteroatoms. The third-order valence-corrected chi connectivity index (χ3v) is 6.29. The molecule has 1 N–H and O–H groups in total. The van der Waals surface area contributed by atoms with E-state index < -0.39 is 23.1 Å². The zero-order chi connectivity index (χ0) is 23.2. The molecule has 0 aromatic heterocycles. The molecule has 0 fully saturated rings. The molecule has 0 radical (unpaired) electrons. The fourth-order valence-electron chi connectivity index (χ4n) is 4.08. The van der Waals surface area contributed by atoms with Crippen molar-refractivity contribution in [2.75, 3.05) is 31.5 Å². The van der Waals surface area contributed by atoms with Crippen molar-refractivity contribution in [3.05, 3.63) is 99.5 Å². The van der Waals surface area contributed by atoms with Crippen LogP contribution in [0.1, 0.15) is 27.9 Å². The SMILES string of the molecule is O=C(c1c(F)cccc1F)N1CCN(Cc2ccccc2)CCCNc2ccc(Br)cc2C1. The number of hydrogen-bond acceptors (Lipinski definition) is 3. The molecule has 0 aliphatic carbocycles. The summed E-state index contributed by atoms with van der Waals surface area (Å²) >= 11 is 3.50. The summed E-state index contributed by atoms with van der Waals surface area (Å²) < 4.78 is 29.8. The number of halogens is 3. The molecule has 4 nitrogen and oxygen atoms in total. The minimum Gasteiger partial charge on any atom is -0.385 e. The van der Waals surface area contributed by atoms with Crippen LogP contribution in [0.25, 0.3) is 0 Å². The Kier molecular flexibility index (Phi) is 7.73. The number of fused-ring (bicyclic) bond motifs is 1. The minimum absolute atomic E-state index is 0.244. The van der Waals surface area contributed by atoms with E-state index in [0.29, 0.717) is 13.1 Å². The van der Waals surface area contributed by atoms with Crippen LogP contribution in [0.15, 0.2) is 71.2 Å². The number of carbonyl (C=O) groups excluding carboxylic acids is 1. The molecule has 3 aromatic carbocycles. The summed E-state index contributed by atoms with van der Waals surface area (Å²) in [4.78, 5) is 17.2. The summed E-state index contributed by atoms with van der Waals surface area (Å²) in [6.07, 6.45) is 0.929. The predicted octanol–water partition coefficient (Wildman–Crippen LogP) is 5.69. The molecule has 1 amide bonds. The first-order valence-corrected chi connectivity index (χ1v) is 11.8. The molecular formula is C26H26BrF2N3O. The number of carbonyl (C=O) groups is 1. The number of rotatable bonds is 3. The van der Waals surface area contributed by atoms with Gasteiger partial charge in [-0.1, -0.05) is 52.3 Å². The maximum Gasteiger partial charge on any atom is 0.260 e. The molecule has 4 rings (SSSR count). The van der Waals surface area contributed by atoms with Gasteiger partial charge in [0.15, 0.2) is 0 Å². The zero-order valence-corrected chi connectivity index (χ0v) is 19.8. The van der Waals surface area contributed by atoms with E-state index in [1.807, 2.05) is 36.4 Å². The van der Waals surface area contributed by atoms with Crippen molar-refractivity contribution >= 4 is 27.5 Å². The third kappa shape index (κ3) is 5.97. The normalized spacial score (nSPS) is 15.3. The summed E-state index contributed by atoms with van der Waals surface area (Å²) in [6, 6.07) is 19.5. The molecular weight excluding hydrogens is 488 g/mol. The van der Waals surface area contributed by atoms with E-state index in [-0.39, 0.29) is 6.54 Å². The largest absolute Gasteiger partial charge is 0.385 e. The highest BCUT2D eigenvalue weighted by Crippen LogP contribution is 2.25. The average molecular weight is 514 g/mol. The summed E-state index contributed by atoms with van der Waals surface area (Å²) in [5.41, 5.74) is 2.49. The monoisotopic (exact) mass is 513 g/mol. The summed E-state index contributed by atoms with van der Waals surface area (Å²) in [5, 5.41) is 3.46. The van der Waals surface area contributed by atoms with Gasteiger partial charge in [-0.2, -0.15) is 0 Å². The van der Waals surface area contributed by atoms with Gasteiger partial charge in [0.2, 0.25) is 0 Å². The Balaban J connectivity index is 1.64. The first kappa shape index (κ1) is 23.4. The maximum absolute atomic E-state index is 14.5. The van der Waals surface area contributed by atoms with E-state index in [1.165, 1.54) is 16.5 Å². The van der Waals surface area contributed by atoms with E-state index in [4.69, 9.17) is 0 Å². The second-order valence-corrected chi connectivity index (χ2v) is 9.08. The standard InChI is InChI=1S/C26H26BrF2N3O/c27-21-10-11-24-20(16-21)18-32(26(33)25-22(28)8-4-9-23(25)29)15-14-31(13-5-12-30-24)17-19-6-2-1-3-7-19/h1-4,6-11,16,30H,5,12-15,17-18H2. The van der Waals surface area contributed by atoms with Gasteiger partial charge in [-0.3, -0.25) is 9.69 Å². The van der Waals surface area contributed by atoms with Gasteiger partial charge in [0.25, 0.3) is 5.91 Å². The Bertz CT molecular complexity index is 1090. The smallest absolute Gasteiger partial charge is 0.260 e. The molecule has 1 aliphatic heterocycles. The minimum atomic E-state index is -0.844. The third-order valence-electron chi connectivity index (χ3n) is 5.79. The van der Waals surface area contributed by atoms with E-state index in [2.05, 4.69) is 38.3 Å². The molecule has 0 bridgehead atoms. The van der Waals surface area contributed by atoms with Crippen LogP contribution >= 0.6 is 15.9 Å². The Hall–Kier alpha value is -2.77. The van der Waals surface area contributed by atoms with Gasteiger partial charge in [0, 0.05) is 49.4 Å². The zero-order valence-electron chi connectivity index (χ0n) is 18.2. The van der Waals surface area contributed by atoms with Crippen LogP contribution < -0.4 is 5.32 Å². The highest BCUT2D eigenvalue weighted by molar-refractivity contribution is 9.10. The second-order valence-electron chi connectivity index (χ2n) is 8.17. The average Bonchev–Trinajstić information content (AvgIpc) is 2.83. The van der Waals surface area contributed by atoms with Gasteiger partial charge in [0.05, 0.1) is 0 Å². The van der Waals surface area contributed by atoms with Crippen molar-refractivity contribution in [3.8, 4) is 0 Å². The summed E-state index contributed by atoms with van der Waals surface area (Å²) in [7, 11) is 0.